The van der Waals surface area contributed by atoms with Crippen molar-refractivity contribution in [2.45, 2.75) is 18.2 Å². The van der Waals surface area contributed by atoms with E-state index in [4.69, 9.17) is 6.57 Å². The molecule has 1 saturated heterocycles. The Kier molecular flexibility index (Phi) is 1.59. The zero-order chi connectivity index (χ0) is 5.11. The van der Waals surface area contributed by atoms with E-state index >= 15 is 0 Å². The molecule has 0 aromatic carbocycles. The standard InChI is InChI=1S/C5H7NS/c1-6-5-3-2-4-7-5/h5H,2-4H2. The molecule has 0 amide bonds. The first kappa shape index (κ1) is 4.99. The normalized spacial score (nSPS) is 29.9. The maximum absolute atomic E-state index is 6.60. The zero-order valence-electron chi connectivity index (χ0n) is 4.05. The Labute approximate surface area is 47.9 Å². The minimum absolute atomic E-state index is 0.306. The maximum atomic E-state index is 6.60. The second-order valence-corrected chi connectivity index (χ2v) is 2.88. The molecule has 1 fully saturated rings. The van der Waals surface area contributed by atoms with E-state index in [0.29, 0.717) is 5.37 Å². The minimum atomic E-state index is 0.306. The minimum Gasteiger partial charge on any atom is -0.302 e. The summed E-state index contributed by atoms with van der Waals surface area (Å²) in [6.45, 7) is 6.60. The molecule has 1 atom stereocenters. The SMILES string of the molecule is [C-]#[N+]C1CCCS1. The largest absolute Gasteiger partial charge is 0.302 e. The average Bonchev–Trinajstić information content (AvgIpc) is 2.14. The molecule has 1 nitrogen and oxygen atoms in total. The maximum Gasteiger partial charge on any atom is 0.269 e. The van der Waals surface area contributed by atoms with Gasteiger partial charge in [0.1, 0.15) is 0 Å². The van der Waals surface area contributed by atoms with E-state index in [1.165, 1.54) is 12.2 Å². The van der Waals surface area contributed by atoms with Gasteiger partial charge in [0, 0.05) is 12.2 Å². The van der Waals surface area contributed by atoms with Crippen LogP contribution in [0.25, 0.3) is 4.85 Å². The van der Waals surface area contributed by atoms with Crippen molar-refractivity contribution in [2.24, 2.45) is 0 Å². The summed E-state index contributed by atoms with van der Waals surface area (Å²) in [6.07, 6.45) is 2.37. The molecule has 1 aliphatic heterocycles. The molecule has 1 rings (SSSR count). The summed E-state index contributed by atoms with van der Waals surface area (Å²) in [5.74, 6) is 1.20. The van der Waals surface area contributed by atoms with Crippen LogP contribution in [0.2, 0.25) is 0 Å². The van der Waals surface area contributed by atoms with Crippen molar-refractivity contribution >= 4 is 11.8 Å². The van der Waals surface area contributed by atoms with Gasteiger partial charge in [0.05, 0.1) is 0 Å². The van der Waals surface area contributed by atoms with Crippen LogP contribution < -0.4 is 0 Å². The summed E-state index contributed by atoms with van der Waals surface area (Å²) in [6, 6.07) is 0. The van der Waals surface area contributed by atoms with Gasteiger partial charge in [0.25, 0.3) is 5.37 Å². The average molecular weight is 113 g/mol. The lowest BCUT2D eigenvalue weighted by molar-refractivity contribution is 0.878. The Bertz CT molecular complexity index is 88.7. The highest BCUT2D eigenvalue weighted by atomic mass is 32.2. The van der Waals surface area contributed by atoms with Crippen molar-refractivity contribution in [1.82, 2.24) is 0 Å². The second kappa shape index (κ2) is 2.23. The van der Waals surface area contributed by atoms with E-state index in [-0.39, 0.29) is 0 Å². The van der Waals surface area contributed by atoms with Crippen molar-refractivity contribution in [3.05, 3.63) is 11.4 Å². The van der Waals surface area contributed by atoms with E-state index in [1.807, 2.05) is 0 Å². The summed E-state index contributed by atoms with van der Waals surface area (Å²) < 4.78 is 0. The number of rotatable bonds is 0. The Hall–Kier alpha value is -0.160. The number of hydrogen-bond acceptors (Lipinski definition) is 1. The molecule has 1 heterocycles. The van der Waals surface area contributed by atoms with Crippen molar-refractivity contribution in [1.29, 1.82) is 0 Å². The van der Waals surface area contributed by atoms with Crippen LogP contribution in [0.3, 0.4) is 0 Å². The predicted octanol–water partition coefficient (Wildman–Crippen LogP) is 1.76. The predicted molar refractivity (Wildman–Crippen MR) is 32.1 cm³/mol. The summed E-state index contributed by atoms with van der Waals surface area (Å²) in [5, 5.41) is 0.306. The van der Waals surface area contributed by atoms with Gasteiger partial charge in [-0.15, -0.1) is 0 Å². The fourth-order valence-corrected chi connectivity index (χ4v) is 1.68. The Balaban J connectivity index is 2.31. The fraction of sp³-hybridized carbons (Fsp3) is 0.800. The number of hydrogen-bond donors (Lipinski definition) is 0. The summed E-state index contributed by atoms with van der Waals surface area (Å²) in [5.41, 5.74) is 0. The summed E-state index contributed by atoms with van der Waals surface area (Å²) in [7, 11) is 0. The zero-order valence-corrected chi connectivity index (χ0v) is 4.87. The van der Waals surface area contributed by atoms with Gasteiger partial charge < -0.3 is 4.85 Å². The van der Waals surface area contributed by atoms with Crippen LogP contribution >= 0.6 is 11.8 Å². The van der Waals surface area contributed by atoms with Crippen molar-refractivity contribution in [3.63, 3.8) is 0 Å². The molecule has 0 aromatic rings. The van der Waals surface area contributed by atoms with Crippen LogP contribution in [-0.4, -0.2) is 11.1 Å². The smallest absolute Gasteiger partial charge is 0.269 e. The number of thioether (sulfide) groups is 1. The van der Waals surface area contributed by atoms with Crippen molar-refractivity contribution in [3.8, 4) is 0 Å². The monoisotopic (exact) mass is 113 g/mol. The van der Waals surface area contributed by atoms with E-state index in [9.17, 15) is 0 Å². The van der Waals surface area contributed by atoms with E-state index < -0.39 is 0 Å². The topological polar surface area (TPSA) is 4.36 Å². The molecule has 0 spiro atoms. The van der Waals surface area contributed by atoms with Gasteiger partial charge in [-0.3, -0.25) is 0 Å². The van der Waals surface area contributed by atoms with Crippen molar-refractivity contribution in [2.75, 3.05) is 5.75 Å². The molecule has 2 heteroatoms. The molecule has 0 aliphatic carbocycles. The van der Waals surface area contributed by atoms with Gasteiger partial charge in [0.2, 0.25) is 0 Å². The van der Waals surface area contributed by atoms with Crippen LogP contribution in [0.15, 0.2) is 0 Å². The molecular weight excluding hydrogens is 106 g/mol. The second-order valence-electron chi connectivity index (χ2n) is 1.60. The third kappa shape index (κ3) is 1.10. The lowest BCUT2D eigenvalue weighted by atomic mass is 10.3. The summed E-state index contributed by atoms with van der Waals surface area (Å²) in [4.78, 5) is 3.40. The molecule has 0 radical (unpaired) electrons. The molecule has 0 saturated carbocycles. The van der Waals surface area contributed by atoms with Crippen LogP contribution in [0.1, 0.15) is 12.8 Å². The molecule has 1 aliphatic rings. The fourth-order valence-electron chi connectivity index (χ4n) is 0.662. The molecular formula is C5H7NS. The van der Waals surface area contributed by atoms with Gasteiger partial charge in [-0.05, 0) is 6.42 Å². The molecule has 0 N–H and O–H groups in total. The Morgan fingerprint density at radius 2 is 2.57 bits per heavy atom. The van der Waals surface area contributed by atoms with E-state index in [2.05, 4.69) is 4.85 Å². The van der Waals surface area contributed by atoms with Gasteiger partial charge >= 0.3 is 0 Å². The van der Waals surface area contributed by atoms with Crippen LogP contribution in [0.5, 0.6) is 0 Å². The molecule has 7 heavy (non-hydrogen) atoms. The van der Waals surface area contributed by atoms with Gasteiger partial charge in [-0.2, -0.15) is 0 Å². The first-order chi connectivity index (χ1) is 3.43. The first-order valence-corrected chi connectivity index (χ1v) is 3.46. The van der Waals surface area contributed by atoms with Crippen LogP contribution in [0, 0.1) is 6.57 Å². The van der Waals surface area contributed by atoms with E-state index in [1.54, 1.807) is 11.8 Å². The third-order valence-corrected chi connectivity index (χ3v) is 2.30. The van der Waals surface area contributed by atoms with Gasteiger partial charge in [-0.25, -0.2) is 6.57 Å². The van der Waals surface area contributed by atoms with Crippen molar-refractivity contribution < 1.29 is 0 Å². The first-order valence-electron chi connectivity index (χ1n) is 2.41. The van der Waals surface area contributed by atoms with Gasteiger partial charge in [0.15, 0.2) is 0 Å². The molecule has 38 valence electrons. The molecule has 0 aromatic heterocycles. The quantitative estimate of drug-likeness (QED) is 0.433. The molecule has 0 bridgehead atoms. The van der Waals surface area contributed by atoms with E-state index in [0.717, 1.165) is 6.42 Å². The highest BCUT2D eigenvalue weighted by Crippen LogP contribution is 2.26. The molecule has 1 unspecified atom stereocenters. The van der Waals surface area contributed by atoms with Crippen LogP contribution in [-0.2, 0) is 0 Å². The van der Waals surface area contributed by atoms with Gasteiger partial charge in [-0.1, -0.05) is 11.8 Å². The summed E-state index contributed by atoms with van der Waals surface area (Å²) >= 11 is 1.79. The number of nitrogens with zero attached hydrogens (tertiary/aromatic N) is 1. The lowest BCUT2D eigenvalue weighted by Crippen LogP contribution is -1.82. The van der Waals surface area contributed by atoms with Crippen LogP contribution in [0.4, 0.5) is 0 Å². The highest BCUT2D eigenvalue weighted by Gasteiger charge is 2.18. The Morgan fingerprint density at radius 3 is 2.86 bits per heavy atom. The Morgan fingerprint density at radius 1 is 1.71 bits per heavy atom. The third-order valence-electron chi connectivity index (χ3n) is 1.05. The highest BCUT2D eigenvalue weighted by molar-refractivity contribution is 8.00. The lowest BCUT2D eigenvalue weighted by Gasteiger charge is -1.84.